The zero-order chi connectivity index (χ0) is 9.31. The van der Waals surface area contributed by atoms with E-state index < -0.39 is 0 Å². The van der Waals surface area contributed by atoms with Crippen molar-refractivity contribution in [2.75, 3.05) is 17.7 Å². The topological polar surface area (TPSA) is 37.0 Å². The highest BCUT2D eigenvalue weighted by molar-refractivity contribution is 5.53. The number of aromatic nitrogens is 1. The maximum atomic E-state index is 4.16. The third-order valence-electron chi connectivity index (χ3n) is 2.46. The minimum absolute atomic E-state index is 0.340. The number of rotatable bonds is 3. The van der Waals surface area contributed by atoms with Gasteiger partial charge in [0.05, 0.1) is 0 Å². The van der Waals surface area contributed by atoms with Gasteiger partial charge in [0.2, 0.25) is 0 Å². The minimum atomic E-state index is 0.340. The first-order valence-electron chi connectivity index (χ1n) is 4.64. The molecule has 0 aliphatic heterocycles. The molecular formula is C10H15N3. The molecule has 0 atom stereocenters. The summed E-state index contributed by atoms with van der Waals surface area (Å²) in [6.07, 6.45) is 4.36. The molecule has 1 aromatic heterocycles. The van der Waals surface area contributed by atoms with Crippen LogP contribution in [0, 0.1) is 0 Å². The smallest absolute Gasteiger partial charge is 0.127 e. The monoisotopic (exact) mass is 177 g/mol. The van der Waals surface area contributed by atoms with E-state index in [0.29, 0.717) is 5.54 Å². The second-order valence-electron chi connectivity index (χ2n) is 3.87. The predicted octanol–water partition coefficient (Wildman–Crippen LogP) is 2.09. The van der Waals surface area contributed by atoms with E-state index >= 15 is 0 Å². The highest BCUT2D eigenvalue weighted by atomic mass is 15.0. The van der Waals surface area contributed by atoms with Crippen LogP contribution in [0.2, 0.25) is 0 Å². The van der Waals surface area contributed by atoms with Crippen molar-refractivity contribution in [3.8, 4) is 0 Å². The Hall–Kier alpha value is -1.25. The number of pyridine rings is 1. The summed E-state index contributed by atoms with van der Waals surface area (Å²) in [5.41, 5.74) is 1.49. The van der Waals surface area contributed by atoms with Gasteiger partial charge >= 0.3 is 0 Å². The SMILES string of the molecule is CNc1cc(NC2(C)CC2)ccn1. The molecule has 1 aliphatic carbocycles. The molecule has 0 radical (unpaired) electrons. The Morgan fingerprint density at radius 3 is 2.85 bits per heavy atom. The molecule has 3 nitrogen and oxygen atoms in total. The third-order valence-corrected chi connectivity index (χ3v) is 2.46. The van der Waals surface area contributed by atoms with Crippen molar-refractivity contribution < 1.29 is 0 Å². The number of hydrogen-bond acceptors (Lipinski definition) is 3. The van der Waals surface area contributed by atoms with Crippen LogP contribution in [0.1, 0.15) is 19.8 Å². The van der Waals surface area contributed by atoms with Crippen LogP contribution in [0.4, 0.5) is 11.5 Å². The summed E-state index contributed by atoms with van der Waals surface area (Å²) < 4.78 is 0. The summed E-state index contributed by atoms with van der Waals surface area (Å²) in [6, 6.07) is 4.04. The predicted molar refractivity (Wildman–Crippen MR) is 55.0 cm³/mol. The molecule has 0 saturated heterocycles. The zero-order valence-corrected chi connectivity index (χ0v) is 8.09. The summed E-state index contributed by atoms with van der Waals surface area (Å²) in [4.78, 5) is 4.16. The van der Waals surface area contributed by atoms with E-state index in [1.165, 1.54) is 12.8 Å². The molecule has 2 N–H and O–H groups in total. The van der Waals surface area contributed by atoms with Gasteiger partial charge in [-0.15, -0.1) is 0 Å². The summed E-state index contributed by atoms with van der Waals surface area (Å²) in [5, 5.41) is 6.51. The van der Waals surface area contributed by atoms with Crippen molar-refractivity contribution in [2.24, 2.45) is 0 Å². The lowest BCUT2D eigenvalue weighted by Gasteiger charge is -2.13. The van der Waals surface area contributed by atoms with Gasteiger partial charge in [0, 0.05) is 30.5 Å². The normalized spacial score (nSPS) is 18.0. The van der Waals surface area contributed by atoms with Crippen molar-refractivity contribution in [3.63, 3.8) is 0 Å². The van der Waals surface area contributed by atoms with E-state index in [0.717, 1.165) is 11.5 Å². The summed E-state index contributed by atoms with van der Waals surface area (Å²) in [7, 11) is 1.88. The molecule has 1 saturated carbocycles. The molecule has 1 aromatic rings. The Kier molecular flexibility index (Phi) is 1.87. The Morgan fingerprint density at radius 1 is 1.46 bits per heavy atom. The van der Waals surface area contributed by atoms with Gasteiger partial charge in [-0.05, 0) is 25.8 Å². The van der Waals surface area contributed by atoms with Gasteiger partial charge < -0.3 is 10.6 Å². The first-order chi connectivity index (χ1) is 6.22. The molecule has 1 fully saturated rings. The number of hydrogen-bond donors (Lipinski definition) is 2. The van der Waals surface area contributed by atoms with E-state index in [1.807, 2.05) is 25.4 Å². The molecule has 13 heavy (non-hydrogen) atoms. The fourth-order valence-corrected chi connectivity index (χ4v) is 1.31. The first kappa shape index (κ1) is 8.35. The van der Waals surface area contributed by atoms with E-state index in [-0.39, 0.29) is 0 Å². The number of nitrogens with zero attached hydrogens (tertiary/aromatic N) is 1. The van der Waals surface area contributed by atoms with Crippen molar-refractivity contribution in [2.45, 2.75) is 25.3 Å². The van der Waals surface area contributed by atoms with Crippen LogP contribution >= 0.6 is 0 Å². The Morgan fingerprint density at radius 2 is 2.23 bits per heavy atom. The van der Waals surface area contributed by atoms with Gasteiger partial charge in [-0.25, -0.2) is 4.98 Å². The minimum Gasteiger partial charge on any atom is -0.380 e. The fourth-order valence-electron chi connectivity index (χ4n) is 1.31. The zero-order valence-electron chi connectivity index (χ0n) is 8.09. The highest BCUT2D eigenvalue weighted by Gasteiger charge is 2.36. The van der Waals surface area contributed by atoms with Crippen molar-refractivity contribution in [1.82, 2.24) is 4.98 Å². The quantitative estimate of drug-likeness (QED) is 0.742. The first-order valence-corrected chi connectivity index (χ1v) is 4.64. The van der Waals surface area contributed by atoms with Crippen molar-refractivity contribution >= 4 is 11.5 Å². The highest BCUT2D eigenvalue weighted by Crippen LogP contribution is 2.38. The van der Waals surface area contributed by atoms with Crippen LogP contribution in [0.5, 0.6) is 0 Å². The molecule has 0 amide bonds. The molecule has 0 bridgehead atoms. The maximum absolute atomic E-state index is 4.16. The van der Waals surface area contributed by atoms with Gasteiger partial charge in [0.25, 0.3) is 0 Å². The standard InChI is InChI=1S/C10H15N3/c1-10(4-5-10)13-8-3-6-12-9(7-8)11-2/h3,6-7H,4-5H2,1-2H3,(H2,11,12,13). The molecule has 1 aliphatic rings. The second kappa shape index (κ2) is 2.91. The van der Waals surface area contributed by atoms with Gasteiger partial charge in [-0.3, -0.25) is 0 Å². The average molecular weight is 177 g/mol. The molecule has 2 rings (SSSR count). The van der Waals surface area contributed by atoms with Crippen LogP contribution < -0.4 is 10.6 Å². The Balaban J connectivity index is 2.11. The summed E-state index contributed by atoms with van der Waals surface area (Å²) in [5.74, 6) is 0.911. The lowest BCUT2D eigenvalue weighted by Crippen LogP contribution is -2.15. The maximum Gasteiger partial charge on any atom is 0.127 e. The second-order valence-corrected chi connectivity index (χ2v) is 3.87. The Labute approximate surface area is 78.6 Å². The van der Waals surface area contributed by atoms with Gasteiger partial charge in [0.15, 0.2) is 0 Å². The molecule has 1 heterocycles. The average Bonchev–Trinajstić information content (AvgIpc) is 2.84. The van der Waals surface area contributed by atoms with Gasteiger partial charge in [0.1, 0.15) is 5.82 Å². The third kappa shape index (κ3) is 1.91. The van der Waals surface area contributed by atoms with Crippen LogP contribution in [-0.2, 0) is 0 Å². The molecule has 0 aromatic carbocycles. The largest absolute Gasteiger partial charge is 0.380 e. The summed E-state index contributed by atoms with van der Waals surface area (Å²) in [6.45, 7) is 2.24. The van der Waals surface area contributed by atoms with Crippen molar-refractivity contribution in [1.29, 1.82) is 0 Å². The lowest BCUT2D eigenvalue weighted by molar-refractivity contribution is 0.829. The number of nitrogens with one attached hydrogen (secondary N) is 2. The van der Waals surface area contributed by atoms with Crippen LogP contribution in [0.3, 0.4) is 0 Å². The number of anilines is 2. The molecule has 3 heteroatoms. The van der Waals surface area contributed by atoms with Gasteiger partial charge in [-0.1, -0.05) is 0 Å². The van der Waals surface area contributed by atoms with Crippen LogP contribution in [-0.4, -0.2) is 17.6 Å². The van der Waals surface area contributed by atoms with E-state index in [4.69, 9.17) is 0 Å². The molecular weight excluding hydrogens is 162 g/mol. The van der Waals surface area contributed by atoms with Gasteiger partial charge in [-0.2, -0.15) is 0 Å². The van der Waals surface area contributed by atoms with E-state index in [9.17, 15) is 0 Å². The molecule has 70 valence electrons. The molecule has 0 unspecified atom stereocenters. The van der Waals surface area contributed by atoms with Crippen molar-refractivity contribution in [3.05, 3.63) is 18.3 Å². The van der Waals surface area contributed by atoms with Crippen LogP contribution in [0.25, 0.3) is 0 Å². The van der Waals surface area contributed by atoms with Crippen LogP contribution in [0.15, 0.2) is 18.3 Å². The fraction of sp³-hybridized carbons (Fsp3) is 0.500. The Bertz CT molecular complexity index is 305. The van der Waals surface area contributed by atoms with E-state index in [2.05, 4.69) is 22.5 Å². The van der Waals surface area contributed by atoms with E-state index in [1.54, 1.807) is 0 Å². The molecule has 0 spiro atoms. The summed E-state index contributed by atoms with van der Waals surface area (Å²) >= 11 is 0. The lowest BCUT2D eigenvalue weighted by atomic mass is 10.3.